The molecule has 0 bridgehead atoms. The predicted molar refractivity (Wildman–Crippen MR) is 32.8 cm³/mol. The van der Waals surface area contributed by atoms with Gasteiger partial charge in [0.15, 0.2) is 5.78 Å². The van der Waals surface area contributed by atoms with Crippen LogP contribution in [0.3, 0.4) is 0 Å². The van der Waals surface area contributed by atoms with E-state index in [1.165, 1.54) is 27.2 Å². The minimum absolute atomic E-state index is 0.0892. The summed E-state index contributed by atoms with van der Waals surface area (Å²) in [5.41, 5.74) is 0. The molecule has 0 fully saturated rings. The number of rotatable bonds is 3. The van der Waals surface area contributed by atoms with E-state index in [1.54, 1.807) is 0 Å². The van der Waals surface area contributed by atoms with Gasteiger partial charge >= 0.3 is 0 Å². The minimum atomic E-state index is -0.0892. The molecular weight excluding hydrogens is 120 g/mol. The van der Waals surface area contributed by atoms with Crippen molar-refractivity contribution in [2.24, 2.45) is 0 Å². The second kappa shape index (κ2) is 3.95. The Bertz CT molecular complexity index is 120. The monoisotopic (exact) mass is 130 g/mol. The van der Waals surface area contributed by atoms with Crippen molar-refractivity contribution in [3.05, 3.63) is 12.0 Å². The van der Waals surface area contributed by atoms with Crippen LogP contribution < -0.4 is 0 Å². The molecule has 0 rings (SSSR count). The number of carbonyl (C=O) groups excluding carboxylic acids is 1. The Balaban J connectivity index is 3.91. The van der Waals surface area contributed by atoms with Crippen LogP contribution >= 0.6 is 0 Å². The quantitative estimate of drug-likeness (QED) is 0.417. The number of ether oxygens (including phenoxy) is 2. The third-order valence-electron chi connectivity index (χ3n) is 0.723. The van der Waals surface area contributed by atoms with Gasteiger partial charge in [0.2, 0.25) is 0 Å². The highest BCUT2D eigenvalue weighted by Gasteiger charge is 1.93. The van der Waals surface area contributed by atoms with Gasteiger partial charge in [-0.25, -0.2) is 0 Å². The number of methoxy groups -OCH3 is 2. The fraction of sp³-hybridized carbons (Fsp3) is 0.500. The van der Waals surface area contributed by atoms with Crippen molar-refractivity contribution in [3.8, 4) is 0 Å². The van der Waals surface area contributed by atoms with Gasteiger partial charge in [0.25, 0.3) is 5.95 Å². The average Bonchev–Trinajstić information content (AvgIpc) is 1.82. The summed E-state index contributed by atoms with van der Waals surface area (Å²) in [6, 6.07) is 0. The van der Waals surface area contributed by atoms with Crippen molar-refractivity contribution in [1.29, 1.82) is 0 Å². The van der Waals surface area contributed by atoms with E-state index in [0.717, 1.165) is 0 Å². The topological polar surface area (TPSA) is 35.5 Å². The van der Waals surface area contributed by atoms with E-state index in [9.17, 15) is 4.79 Å². The Morgan fingerprint density at radius 1 is 1.33 bits per heavy atom. The lowest BCUT2D eigenvalue weighted by Crippen LogP contribution is -1.93. The summed E-state index contributed by atoms with van der Waals surface area (Å²) in [4.78, 5) is 10.3. The fourth-order valence-corrected chi connectivity index (χ4v) is 0.367. The second-order valence-corrected chi connectivity index (χ2v) is 1.48. The van der Waals surface area contributed by atoms with Crippen LogP contribution in [-0.2, 0) is 14.3 Å². The van der Waals surface area contributed by atoms with Crippen molar-refractivity contribution in [3.63, 3.8) is 0 Å². The number of carbonyl (C=O) groups is 1. The molecule has 0 N–H and O–H groups in total. The van der Waals surface area contributed by atoms with Gasteiger partial charge in [0.1, 0.15) is 0 Å². The summed E-state index contributed by atoms with van der Waals surface area (Å²) < 4.78 is 9.26. The standard InChI is InChI=1S/C6H10O3/c1-5(7)4-6(8-2)9-3/h4H,1-3H3. The number of allylic oxidation sites excluding steroid dienone is 1. The maximum atomic E-state index is 10.3. The molecule has 3 heteroatoms. The summed E-state index contributed by atoms with van der Waals surface area (Å²) >= 11 is 0. The van der Waals surface area contributed by atoms with Gasteiger partial charge in [-0.05, 0) is 6.92 Å². The van der Waals surface area contributed by atoms with Gasteiger partial charge in [-0.2, -0.15) is 0 Å². The van der Waals surface area contributed by atoms with E-state index in [0.29, 0.717) is 0 Å². The van der Waals surface area contributed by atoms with E-state index in [4.69, 9.17) is 0 Å². The van der Waals surface area contributed by atoms with Crippen molar-refractivity contribution in [2.45, 2.75) is 6.92 Å². The molecule has 0 aliphatic rings. The summed E-state index contributed by atoms with van der Waals surface area (Å²) in [6.45, 7) is 1.43. The van der Waals surface area contributed by atoms with Crippen LogP contribution in [0.5, 0.6) is 0 Å². The zero-order valence-corrected chi connectivity index (χ0v) is 5.80. The molecule has 9 heavy (non-hydrogen) atoms. The normalized spacial score (nSPS) is 7.89. The molecule has 0 unspecified atom stereocenters. The SMILES string of the molecule is COC(=CC(C)=O)OC. The van der Waals surface area contributed by atoms with Crippen molar-refractivity contribution >= 4 is 5.78 Å². The van der Waals surface area contributed by atoms with Crippen LogP contribution in [0.1, 0.15) is 6.92 Å². The first kappa shape index (κ1) is 8.01. The third-order valence-corrected chi connectivity index (χ3v) is 0.723. The highest BCUT2D eigenvalue weighted by Crippen LogP contribution is 1.93. The molecule has 0 saturated carbocycles. The van der Waals surface area contributed by atoms with E-state index < -0.39 is 0 Å². The fourth-order valence-electron chi connectivity index (χ4n) is 0.367. The molecule has 0 aromatic rings. The molecule has 0 atom stereocenters. The lowest BCUT2D eigenvalue weighted by molar-refractivity contribution is -0.113. The molecule has 0 aromatic heterocycles. The molecule has 0 aliphatic carbocycles. The van der Waals surface area contributed by atoms with Gasteiger partial charge in [-0.1, -0.05) is 0 Å². The summed E-state index contributed by atoms with van der Waals surface area (Å²) in [5.74, 6) is 0.149. The van der Waals surface area contributed by atoms with Crippen molar-refractivity contribution < 1.29 is 14.3 Å². The lowest BCUT2D eigenvalue weighted by atomic mass is 10.4. The zero-order valence-electron chi connectivity index (χ0n) is 5.80. The Labute approximate surface area is 54.3 Å². The van der Waals surface area contributed by atoms with Gasteiger partial charge < -0.3 is 9.47 Å². The highest BCUT2D eigenvalue weighted by atomic mass is 16.7. The van der Waals surface area contributed by atoms with E-state index in [2.05, 4.69) is 9.47 Å². The molecule has 0 heterocycles. The van der Waals surface area contributed by atoms with Gasteiger partial charge in [0, 0.05) is 0 Å². The third kappa shape index (κ3) is 3.58. The maximum Gasteiger partial charge on any atom is 0.282 e. The highest BCUT2D eigenvalue weighted by molar-refractivity contribution is 5.87. The molecule has 3 nitrogen and oxygen atoms in total. The first-order valence-electron chi connectivity index (χ1n) is 2.51. The van der Waals surface area contributed by atoms with Crippen LogP contribution in [0.4, 0.5) is 0 Å². The maximum absolute atomic E-state index is 10.3. The first-order chi connectivity index (χ1) is 4.20. The summed E-state index contributed by atoms with van der Waals surface area (Å²) in [7, 11) is 2.89. The van der Waals surface area contributed by atoms with Gasteiger partial charge in [0.05, 0.1) is 20.3 Å². The van der Waals surface area contributed by atoms with Crippen LogP contribution in [0.2, 0.25) is 0 Å². The van der Waals surface area contributed by atoms with Crippen LogP contribution in [0.15, 0.2) is 12.0 Å². The largest absolute Gasteiger partial charge is 0.469 e. The number of hydrogen-bond donors (Lipinski definition) is 0. The van der Waals surface area contributed by atoms with E-state index in [-0.39, 0.29) is 11.7 Å². The Morgan fingerprint density at radius 2 is 1.78 bits per heavy atom. The Hall–Kier alpha value is -0.990. The molecule has 0 aromatic carbocycles. The molecule has 52 valence electrons. The predicted octanol–water partition coefficient (Wildman–Crippen LogP) is 0.710. The molecule has 0 amide bonds. The van der Waals surface area contributed by atoms with E-state index in [1.807, 2.05) is 0 Å². The average molecular weight is 130 g/mol. The molecule has 0 radical (unpaired) electrons. The summed E-state index contributed by atoms with van der Waals surface area (Å²) in [6.07, 6.45) is 1.28. The van der Waals surface area contributed by atoms with Gasteiger partial charge in [-0.15, -0.1) is 0 Å². The Kier molecular flexibility index (Phi) is 3.51. The van der Waals surface area contributed by atoms with Crippen LogP contribution in [0, 0.1) is 0 Å². The van der Waals surface area contributed by atoms with Crippen LogP contribution in [-0.4, -0.2) is 20.0 Å². The van der Waals surface area contributed by atoms with Crippen molar-refractivity contribution in [1.82, 2.24) is 0 Å². The van der Waals surface area contributed by atoms with Gasteiger partial charge in [-0.3, -0.25) is 4.79 Å². The Morgan fingerprint density at radius 3 is 1.89 bits per heavy atom. The van der Waals surface area contributed by atoms with E-state index >= 15 is 0 Å². The molecular formula is C6H10O3. The van der Waals surface area contributed by atoms with Crippen molar-refractivity contribution in [2.75, 3.05) is 14.2 Å². The first-order valence-corrected chi connectivity index (χ1v) is 2.51. The zero-order chi connectivity index (χ0) is 7.28. The second-order valence-electron chi connectivity index (χ2n) is 1.48. The minimum Gasteiger partial charge on any atom is -0.469 e. The number of ketones is 1. The summed E-state index contributed by atoms with van der Waals surface area (Å²) in [5, 5.41) is 0. The molecule has 0 saturated heterocycles. The number of hydrogen-bond acceptors (Lipinski definition) is 3. The molecule has 0 aliphatic heterocycles. The van der Waals surface area contributed by atoms with Crippen LogP contribution in [0.25, 0.3) is 0 Å². The molecule has 0 spiro atoms. The smallest absolute Gasteiger partial charge is 0.282 e. The lowest BCUT2D eigenvalue weighted by Gasteiger charge is -2.00.